The van der Waals surface area contributed by atoms with Gasteiger partial charge in [-0.25, -0.2) is 0 Å². The molecule has 6 heteroatoms. The van der Waals surface area contributed by atoms with Crippen LogP contribution in [0.2, 0.25) is 0 Å². The minimum atomic E-state index is -0.669. The summed E-state index contributed by atoms with van der Waals surface area (Å²) in [5.41, 5.74) is 6.77. The summed E-state index contributed by atoms with van der Waals surface area (Å²) in [6.07, 6.45) is 3.41. The van der Waals surface area contributed by atoms with Gasteiger partial charge in [0, 0.05) is 35.6 Å². The Kier molecular flexibility index (Phi) is 4.25. The van der Waals surface area contributed by atoms with Gasteiger partial charge in [0.2, 0.25) is 5.91 Å². The molecule has 0 saturated heterocycles. The van der Waals surface area contributed by atoms with Gasteiger partial charge in [-0.2, -0.15) is 5.10 Å². The predicted octanol–water partition coefficient (Wildman–Crippen LogP) is 2.01. The van der Waals surface area contributed by atoms with Gasteiger partial charge in [0.15, 0.2) is 0 Å². The fourth-order valence-corrected chi connectivity index (χ4v) is 3.00. The molecule has 0 bridgehead atoms. The molecule has 2 unspecified atom stereocenters. The number of nitrogens with two attached hydrogens (primary N) is 1. The van der Waals surface area contributed by atoms with E-state index in [0.29, 0.717) is 0 Å². The van der Waals surface area contributed by atoms with Crippen LogP contribution in [0.5, 0.6) is 0 Å². The zero-order valence-electron chi connectivity index (χ0n) is 12.2. The minimum absolute atomic E-state index is 0.0175. The topological polar surface area (TPSA) is 64.2 Å². The molecule has 2 aromatic rings. The van der Waals surface area contributed by atoms with E-state index in [-0.39, 0.29) is 11.9 Å². The standard InChI is InChI=1S/C14H20N4OS/c1-9-5-6-12(20-9)10(2)18(4)14(19)13(15)11-7-16-17(3)8-11/h5-8,10,13H,15H2,1-4H3. The fourth-order valence-electron chi connectivity index (χ4n) is 2.02. The second-order valence-corrected chi connectivity index (χ2v) is 6.32. The molecule has 20 heavy (non-hydrogen) atoms. The second kappa shape index (κ2) is 5.76. The van der Waals surface area contributed by atoms with Crippen molar-refractivity contribution in [3.63, 3.8) is 0 Å². The van der Waals surface area contributed by atoms with Crippen LogP contribution in [0.15, 0.2) is 24.5 Å². The first kappa shape index (κ1) is 14.7. The number of carbonyl (C=O) groups is 1. The van der Waals surface area contributed by atoms with Crippen molar-refractivity contribution in [2.24, 2.45) is 12.8 Å². The van der Waals surface area contributed by atoms with Crippen LogP contribution < -0.4 is 5.73 Å². The zero-order valence-corrected chi connectivity index (χ0v) is 13.0. The molecule has 0 aliphatic rings. The SMILES string of the molecule is Cc1ccc(C(C)N(C)C(=O)C(N)c2cnn(C)c2)s1. The van der Waals surface area contributed by atoms with Crippen molar-refractivity contribution in [1.29, 1.82) is 0 Å². The average Bonchev–Trinajstić information content (AvgIpc) is 3.04. The molecule has 0 aliphatic heterocycles. The summed E-state index contributed by atoms with van der Waals surface area (Å²) in [5, 5.41) is 4.05. The van der Waals surface area contributed by atoms with Gasteiger partial charge in [-0.05, 0) is 26.0 Å². The van der Waals surface area contributed by atoms with Crippen molar-refractivity contribution in [2.75, 3.05) is 7.05 Å². The number of aromatic nitrogens is 2. The predicted molar refractivity (Wildman–Crippen MR) is 80.4 cm³/mol. The molecule has 0 fully saturated rings. The first-order valence-corrected chi connectivity index (χ1v) is 7.29. The Labute approximate surface area is 123 Å². The minimum Gasteiger partial charge on any atom is -0.337 e. The highest BCUT2D eigenvalue weighted by molar-refractivity contribution is 7.12. The Morgan fingerprint density at radius 3 is 2.70 bits per heavy atom. The number of hydrogen-bond donors (Lipinski definition) is 1. The molecule has 0 radical (unpaired) electrons. The highest BCUT2D eigenvalue weighted by Gasteiger charge is 2.25. The van der Waals surface area contributed by atoms with E-state index in [1.807, 2.05) is 14.0 Å². The summed E-state index contributed by atoms with van der Waals surface area (Å²) < 4.78 is 1.65. The van der Waals surface area contributed by atoms with Crippen LogP contribution in [0.1, 0.15) is 34.3 Å². The largest absolute Gasteiger partial charge is 0.337 e. The molecule has 1 amide bonds. The highest BCUT2D eigenvalue weighted by atomic mass is 32.1. The zero-order chi connectivity index (χ0) is 14.9. The molecule has 2 rings (SSSR count). The van der Waals surface area contributed by atoms with Crippen molar-refractivity contribution in [3.05, 3.63) is 39.8 Å². The molecule has 5 nitrogen and oxygen atoms in total. The van der Waals surface area contributed by atoms with E-state index in [4.69, 9.17) is 5.73 Å². The van der Waals surface area contributed by atoms with E-state index in [2.05, 4.69) is 24.2 Å². The van der Waals surface area contributed by atoms with Crippen molar-refractivity contribution < 1.29 is 4.79 Å². The van der Waals surface area contributed by atoms with Crippen LogP contribution in [0, 0.1) is 6.92 Å². The van der Waals surface area contributed by atoms with Crippen LogP contribution in [-0.4, -0.2) is 27.6 Å². The Bertz CT molecular complexity index is 604. The lowest BCUT2D eigenvalue weighted by atomic mass is 10.1. The van der Waals surface area contributed by atoms with Crippen molar-refractivity contribution >= 4 is 17.2 Å². The van der Waals surface area contributed by atoms with Gasteiger partial charge in [-0.3, -0.25) is 9.48 Å². The second-order valence-electron chi connectivity index (χ2n) is 5.00. The first-order valence-electron chi connectivity index (χ1n) is 6.47. The highest BCUT2D eigenvalue weighted by Crippen LogP contribution is 2.27. The Balaban J connectivity index is 2.12. The number of hydrogen-bond acceptors (Lipinski definition) is 4. The van der Waals surface area contributed by atoms with E-state index in [1.54, 1.807) is 40.4 Å². The third-order valence-corrected chi connectivity index (χ3v) is 4.62. The number of nitrogens with zero attached hydrogens (tertiary/aromatic N) is 3. The summed E-state index contributed by atoms with van der Waals surface area (Å²) in [6.45, 7) is 4.07. The van der Waals surface area contributed by atoms with Gasteiger partial charge in [0.05, 0.1) is 12.2 Å². The normalized spacial score (nSPS) is 14.1. The van der Waals surface area contributed by atoms with Gasteiger partial charge >= 0.3 is 0 Å². The van der Waals surface area contributed by atoms with Gasteiger partial charge in [-0.15, -0.1) is 11.3 Å². The summed E-state index contributed by atoms with van der Waals surface area (Å²) in [5.74, 6) is -0.100. The molecular formula is C14H20N4OS. The lowest BCUT2D eigenvalue weighted by Gasteiger charge is -2.26. The van der Waals surface area contributed by atoms with E-state index < -0.39 is 6.04 Å². The average molecular weight is 292 g/mol. The maximum absolute atomic E-state index is 12.4. The van der Waals surface area contributed by atoms with Gasteiger partial charge in [0.25, 0.3) is 0 Å². The molecule has 0 aliphatic carbocycles. The van der Waals surface area contributed by atoms with Gasteiger partial charge in [0.1, 0.15) is 6.04 Å². The van der Waals surface area contributed by atoms with Crippen LogP contribution in [0.3, 0.4) is 0 Å². The third kappa shape index (κ3) is 2.91. The van der Waals surface area contributed by atoms with Crippen LogP contribution in [-0.2, 0) is 11.8 Å². The molecule has 2 aromatic heterocycles. The van der Waals surface area contributed by atoms with Gasteiger partial charge in [-0.1, -0.05) is 0 Å². The van der Waals surface area contributed by atoms with Crippen molar-refractivity contribution in [3.8, 4) is 0 Å². The quantitative estimate of drug-likeness (QED) is 0.937. The van der Waals surface area contributed by atoms with E-state index in [0.717, 1.165) is 10.4 Å². The Morgan fingerprint density at radius 1 is 1.50 bits per heavy atom. The molecule has 2 heterocycles. The lowest BCUT2D eigenvalue weighted by molar-refractivity contribution is -0.133. The monoisotopic (exact) mass is 292 g/mol. The van der Waals surface area contributed by atoms with Crippen molar-refractivity contribution in [2.45, 2.75) is 25.9 Å². The maximum atomic E-state index is 12.4. The summed E-state index contributed by atoms with van der Waals surface area (Å²) >= 11 is 1.70. The lowest BCUT2D eigenvalue weighted by Crippen LogP contribution is -2.37. The summed E-state index contributed by atoms with van der Waals surface area (Å²) in [4.78, 5) is 16.5. The summed E-state index contributed by atoms with van der Waals surface area (Å²) in [6, 6.07) is 3.47. The Hall–Kier alpha value is -1.66. The number of thiophene rings is 1. The van der Waals surface area contributed by atoms with Crippen LogP contribution >= 0.6 is 11.3 Å². The number of aryl methyl sites for hydroxylation is 2. The Morgan fingerprint density at radius 2 is 2.20 bits per heavy atom. The summed E-state index contributed by atoms with van der Waals surface area (Å²) in [7, 11) is 3.60. The molecule has 0 aromatic carbocycles. The molecule has 0 saturated carbocycles. The molecule has 2 atom stereocenters. The van der Waals surface area contributed by atoms with Crippen LogP contribution in [0.4, 0.5) is 0 Å². The molecular weight excluding hydrogens is 272 g/mol. The molecule has 0 spiro atoms. The first-order chi connectivity index (χ1) is 9.40. The molecule has 108 valence electrons. The number of amides is 1. The van der Waals surface area contributed by atoms with Crippen LogP contribution in [0.25, 0.3) is 0 Å². The van der Waals surface area contributed by atoms with Gasteiger partial charge < -0.3 is 10.6 Å². The van der Waals surface area contributed by atoms with E-state index in [1.165, 1.54) is 4.88 Å². The smallest absolute Gasteiger partial charge is 0.244 e. The fraction of sp³-hybridized carbons (Fsp3) is 0.429. The third-order valence-electron chi connectivity index (χ3n) is 3.45. The maximum Gasteiger partial charge on any atom is 0.244 e. The number of carbonyl (C=O) groups excluding carboxylic acids is 1. The number of rotatable bonds is 4. The molecule has 2 N–H and O–H groups in total. The van der Waals surface area contributed by atoms with E-state index >= 15 is 0 Å². The van der Waals surface area contributed by atoms with Crippen molar-refractivity contribution in [1.82, 2.24) is 14.7 Å². The number of likely N-dealkylation sites (N-methyl/N-ethyl adjacent to an activating group) is 1. The van der Waals surface area contributed by atoms with E-state index in [9.17, 15) is 4.79 Å².